The summed E-state index contributed by atoms with van der Waals surface area (Å²) in [7, 11) is -2.50. The second-order valence-electron chi connectivity index (χ2n) is 7.03. The second-order valence-corrected chi connectivity index (χ2v) is 8.82. The van der Waals surface area contributed by atoms with Gasteiger partial charge in [-0.15, -0.1) is 0 Å². The third-order valence-electron chi connectivity index (χ3n) is 4.75. The number of nitrogens with zero attached hydrogens (tertiary/aromatic N) is 1. The molecule has 0 aliphatic heterocycles. The van der Waals surface area contributed by atoms with Crippen molar-refractivity contribution in [2.24, 2.45) is 0 Å². The topological polar surface area (TPSA) is 82.1 Å². The summed E-state index contributed by atoms with van der Waals surface area (Å²) in [6.07, 6.45) is 0.345. The first kappa shape index (κ1) is 24.1. The molecule has 0 saturated carbocycles. The molecule has 0 aliphatic rings. The van der Waals surface area contributed by atoms with Gasteiger partial charge in [0.05, 0.1) is 30.9 Å². The molecule has 0 heterocycles. The summed E-state index contributed by atoms with van der Waals surface area (Å²) >= 11 is 0. The molecule has 0 fully saturated rings. The molecule has 8 heteroatoms. The number of benzene rings is 3. The van der Waals surface area contributed by atoms with Gasteiger partial charge in [-0.1, -0.05) is 18.2 Å². The normalized spacial score (nSPS) is 11.0. The first-order valence-corrected chi connectivity index (χ1v) is 12.0. The summed E-state index contributed by atoms with van der Waals surface area (Å²) in [5, 5.41) is 0. The molecule has 7 nitrogen and oxygen atoms in total. The molecule has 3 aromatic rings. The number of amides is 1. The van der Waals surface area contributed by atoms with Crippen molar-refractivity contribution in [1.29, 1.82) is 0 Å². The van der Waals surface area contributed by atoms with Crippen LogP contribution in [0.5, 0.6) is 17.2 Å². The molecular weight excluding hydrogens is 442 g/mol. The Morgan fingerprint density at radius 2 is 1.39 bits per heavy atom. The molecule has 0 atom stereocenters. The van der Waals surface area contributed by atoms with Crippen LogP contribution in [0.1, 0.15) is 19.8 Å². The van der Waals surface area contributed by atoms with Gasteiger partial charge in [0, 0.05) is 6.42 Å². The van der Waals surface area contributed by atoms with Gasteiger partial charge in [-0.2, -0.15) is 0 Å². The third-order valence-corrected chi connectivity index (χ3v) is 6.52. The van der Waals surface area contributed by atoms with Gasteiger partial charge < -0.3 is 14.2 Å². The van der Waals surface area contributed by atoms with E-state index >= 15 is 0 Å². The lowest BCUT2D eigenvalue weighted by molar-refractivity contribution is -0.117. The Morgan fingerprint density at radius 1 is 0.818 bits per heavy atom. The third kappa shape index (κ3) is 6.26. The molecule has 3 rings (SSSR count). The molecule has 3 aromatic carbocycles. The lowest BCUT2D eigenvalue weighted by Crippen LogP contribution is -2.37. The van der Waals surface area contributed by atoms with Gasteiger partial charge >= 0.3 is 0 Å². The maximum absolute atomic E-state index is 13.3. The monoisotopic (exact) mass is 469 g/mol. The van der Waals surface area contributed by atoms with E-state index in [1.807, 2.05) is 6.92 Å². The highest BCUT2D eigenvalue weighted by Crippen LogP contribution is 2.27. The molecule has 1 amide bonds. The van der Waals surface area contributed by atoms with E-state index < -0.39 is 15.9 Å². The number of hydrogen-bond acceptors (Lipinski definition) is 6. The highest BCUT2D eigenvalue weighted by atomic mass is 32.2. The van der Waals surface area contributed by atoms with Crippen molar-refractivity contribution in [1.82, 2.24) is 0 Å². The van der Waals surface area contributed by atoms with E-state index in [1.165, 1.54) is 12.1 Å². The molecule has 0 aliphatic carbocycles. The predicted octanol–water partition coefficient (Wildman–Crippen LogP) is 4.68. The smallest absolute Gasteiger partial charge is 0.270 e. The zero-order chi connectivity index (χ0) is 23.7. The first-order valence-electron chi connectivity index (χ1n) is 10.6. The molecule has 0 N–H and O–H groups in total. The maximum atomic E-state index is 13.3. The number of methoxy groups -OCH3 is 1. The van der Waals surface area contributed by atoms with Gasteiger partial charge in [0.2, 0.25) is 5.91 Å². The van der Waals surface area contributed by atoms with Crippen molar-refractivity contribution >= 4 is 21.6 Å². The molecule has 0 radical (unpaired) electrons. The van der Waals surface area contributed by atoms with Gasteiger partial charge in [-0.05, 0) is 74.0 Å². The maximum Gasteiger partial charge on any atom is 0.270 e. The van der Waals surface area contributed by atoms with Crippen LogP contribution < -0.4 is 18.5 Å². The minimum absolute atomic E-state index is 0.00453. The molecule has 0 aromatic heterocycles. The Kier molecular flexibility index (Phi) is 8.32. The van der Waals surface area contributed by atoms with Crippen LogP contribution in [0, 0.1) is 0 Å². The van der Waals surface area contributed by atoms with Crippen molar-refractivity contribution in [2.45, 2.75) is 24.7 Å². The fourth-order valence-electron chi connectivity index (χ4n) is 3.15. The predicted molar refractivity (Wildman–Crippen MR) is 126 cm³/mol. The van der Waals surface area contributed by atoms with Crippen LogP contribution in [0.4, 0.5) is 5.69 Å². The van der Waals surface area contributed by atoms with E-state index in [2.05, 4.69) is 0 Å². The van der Waals surface area contributed by atoms with Crippen LogP contribution in [-0.2, 0) is 14.8 Å². The molecule has 0 spiro atoms. The highest BCUT2D eigenvalue weighted by molar-refractivity contribution is 7.93. The molecule has 0 bridgehead atoms. The first-order chi connectivity index (χ1) is 16.0. The lowest BCUT2D eigenvalue weighted by atomic mass is 10.2. The van der Waals surface area contributed by atoms with E-state index in [9.17, 15) is 13.2 Å². The van der Waals surface area contributed by atoms with E-state index in [0.29, 0.717) is 24.5 Å². The molecule has 174 valence electrons. The number of sulfonamides is 1. The van der Waals surface area contributed by atoms with Crippen molar-refractivity contribution in [3.05, 3.63) is 78.9 Å². The van der Waals surface area contributed by atoms with Gasteiger partial charge in [-0.25, -0.2) is 12.7 Å². The summed E-state index contributed by atoms with van der Waals surface area (Å²) in [5.74, 6) is 1.41. The minimum atomic E-state index is -4.09. The number of ether oxygens (including phenoxy) is 3. The summed E-state index contributed by atoms with van der Waals surface area (Å²) in [4.78, 5) is 13.2. The van der Waals surface area contributed by atoms with E-state index in [-0.39, 0.29) is 23.6 Å². The zero-order valence-electron chi connectivity index (χ0n) is 18.6. The largest absolute Gasteiger partial charge is 0.497 e. The Bertz CT molecular complexity index is 1130. The molecular formula is C25H27NO6S. The SMILES string of the molecule is CCOc1ccc(N(C(=O)CCCOc2ccc(OC)cc2)S(=O)(=O)c2ccccc2)cc1. The Balaban J connectivity index is 1.74. The van der Waals surface area contributed by atoms with Crippen LogP contribution in [0.2, 0.25) is 0 Å². The number of carbonyl (C=O) groups is 1. The van der Waals surface area contributed by atoms with Crippen molar-refractivity contribution in [3.63, 3.8) is 0 Å². The fourth-order valence-corrected chi connectivity index (χ4v) is 4.62. The number of rotatable bonds is 11. The summed E-state index contributed by atoms with van der Waals surface area (Å²) in [6, 6.07) is 21.4. The van der Waals surface area contributed by atoms with E-state index in [1.54, 1.807) is 73.8 Å². The van der Waals surface area contributed by atoms with Gasteiger partial charge in [0.1, 0.15) is 17.2 Å². The Morgan fingerprint density at radius 3 is 2.00 bits per heavy atom. The van der Waals surface area contributed by atoms with Crippen LogP contribution in [0.25, 0.3) is 0 Å². The average Bonchev–Trinajstić information content (AvgIpc) is 2.84. The zero-order valence-corrected chi connectivity index (χ0v) is 19.5. The highest BCUT2D eigenvalue weighted by Gasteiger charge is 2.30. The van der Waals surface area contributed by atoms with Crippen molar-refractivity contribution in [3.8, 4) is 17.2 Å². The Labute approximate surface area is 194 Å². The standard InChI is InChI=1S/C25H27NO6S/c1-3-31-22-13-11-20(12-14-22)26(33(28,29)24-8-5-4-6-9-24)25(27)10-7-19-32-23-17-15-21(30-2)16-18-23/h4-6,8-9,11-18H,3,7,10,19H2,1-2H3. The van der Waals surface area contributed by atoms with Gasteiger partial charge in [0.25, 0.3) is 10.0 Å². The molecule has 0 unspecified atom stereocenters. The fraction of sp³-hybridized carbons (Fsp3) is 0.240. The number of anilines is 1. The Hall–Kier alpha value is -3.52. The van der Waals surface area contributed by atoms with Crippen molar-refractivity contribution in [2.75, 3.05) is 24.6 Å². The summed E-state index contributed by atoms with van der Waals surface area (Å²) in [5.41, 5.74) is 0.253. The van der Waals surface area contributed by atoms with Gasteiger partial charge in [-0.3, -0.25) is 4.79 Å². The van der Waals surface area contributed by atoms with Crippen LogP contribution in [-0.4, -0.2) is 34.6 Å². The van der Waals surface area contributed by atoms with Crippen LogP contribution >= 0.6 is 0 Å². The number of hydrogen-bond donors (Lipinski definition) is 0. The van der Waals surface area contributed by atoms with Crippen LogP contribution in [0.15, 0.2) is 83.8 Å². The van der Waals surface area contributed by atoms with E-state index in [0.717, 1.165) is 10.1 Å². The van der Waals surface area contributed by atoms with Gasteiger partial charge in [0.15, 0.2) is 0 Å². The van der Waals surface area contributed by atoms with E-state index in [4.69, 9.17) is 14.2 Å². The summed E-state index contributed by atoms with van der Waals surface area (Å²) in [6.45, 7) is 2.61. The van der Waals surface area contributed by atoms with Crippen LogP contribution in [0.3, 0.4) is 0 Å². The summed E-state index contributed by atoms with van der Waals surface area (Å²) < 4.78 is 43.7. The number of carbonyl (C=O) groups excluding carboxylic acids is 1. The molecule has 0 saturated heterocycles. The molecule has 33 heavy (non-hydrogen) atoms. The average molecular weight is 470 g/mol. The quantitative estimate of drug-likeness (QED) is 0.380. The minimum Gasteiger partial charge on any atom is -0.497 e. The second kappa shape index (κ2) is 11.4. The van der Waals surface area contributed by atoms with Crippen molar-refractivity contribution < 1.29 is 27.4 Å². The lowest BCUT2D eigenvalue weighted by Gasteiger charge is -2.23.